The highest BCUT2D eigenvalue weighted by Crippen LogP contribution is 2.28. The molecule has 3 nitrogen and oxygen atoms in total. The molecule has 0 atom stereocenters. The second kappa shape index (κ2) is 5.65. The van der Waals surface area contributed by atoms with Gasteiger partial charge in [-0.25, -0.2) is 4.99 Å². The number of pyridine rings is 1. The highest BCUT2D eigenvalue weighted by atomic mass is 16.5. The highest BCUT2D eigenvalue weighted by molar-refractivity contribution is 6.00. The molecule has 0 bridgehead atoms. The largest absolute Gasteiger partial charge is 0.494 e. The van der Waals surface area contributed by atoms with E-state index in [0.717, 1.165) is 34.0 Å². The van der Waals surface area contributed by atoms with Crippen LogP contribution < -0.4 is 4.74 Å². The molecule has 1 aromatic carbocycles. The van der Waals surface area contributed by atoms with Gasteiger partial charge in [-0.2, -0.15) is 0 Å². The van der Waals surface area contributed by atoms with Crippen molar-refractivity contribution in [2.24, 2.45) is 4.99 Å². The minimum atomic E-state index is 0.785. The molecule has 1 aromatic heterocycles. The summed E-state index contributed by atoms with van der Waals surface area (Å²) in [4.78, 5) is 9.01. The Morgan fingerprint density at radius 2 is 2.00 bits per heavy atom. The molecule has 0 aliphatic rings. The maximum atomic E-state index is 5.37. The Hall–Kier alpha value is -2.16. The fourth-order valence-corrected chi connectivity index (χ4v) is 1.98. The molecule has 1 heterocycles. The van der Waals surface area contributed by atoms with E-state index >= 15 is 0 Å². The van der Waals surface area contributed by atoms with Gasteiger partial charge < -0.3 is 4.74 Å². The lowest BCUT2D eigenvalue weighted by Crippen LogP contribution is -2.01. The lowest BCUT2D eigenvalue weighted by Gasteiger charge is -2.08. The van der Waals surface area contributed by atoms with Gasteiger partial charge >= 0.3 is 0 Å². The lowest BCUT2D eigenvalue weighted by molar-refractivity contribution is 0.416. The summed E-state index contributed by atoms with van der Waals surface area (Å²) in [5.41, 5.74) is 4.92. The number of aliphatic imine (C=N–C) groups is 1. The number of benzene rings is 1. The van der Waals surface area contributed by atoms with Gasteiger partial charge in [-0.1, -0.05) is 12.1 Å². The van der Waals surface area contributed by atoms with Crippen molar-refractivity contribution in [3.63, 3.8) is 0 Å². The molecule has 3 heteroatoms. The summed E-state index contributed by atoms with van der Waals surface area (Å²) in [6.07, 6.45) is 1.79. The van der Waals surface area contributed by atoms with Crippen LogP contribution >= 0.6 is 0 Å². The van der Waals surface area contributed by atoms with Crippen LogP contribution in [0, 0.1) is 13.8 Å². The Labute approximate surface area is 114 Å². The minimum Gasteiger partial charge on any atom is -0.494 e. The Bertz CT molecular complexity index is 618. The third-order valence-corrected chi connectivity index (χ3v) is 2.98. The van der Waals surface area contributed by atoms with E-state index in [1.807, 2.05) is 51.1 Å². The van der Waals surface area contributed by atoms with Crippen molar-refractivity contribution in [2.45, 2.75) is 20.8 Å². The molecule has 2 aromatic rings. The molecule has 0 aliphatic carbocycles. The maximum absolute atomic E-state index is 5.37. The summed E-state index contributed by atoms with van der Waals surface area (Å²) in [6.45, 7) is 6.04. The number of ether oxygens (including phenoxy) is 1. The molecule has 19 heavy (non-hydrogen) atoms. The number of hydrogen-bond acceptors (Lipinski definition) is 3. The van der Waals surface area contributed by atoms with Gasteiger partial charge in [-0.15, -0.1) is 0 Å². The summed E-state index contributed by atoms with van der Waals surface area (Å²) < 4.78 is 5.37. The van der Waals surface area contributed by atoms with E-state index in [0.29, 0.717) is 0 Å². The van der Waals surface area contributed by atoms with Gasteiger partial charge in [-0.05, 0) is 50.1 Å². The molecule has 0 saturated heterocycles. The normalized spacial score (nSPS) is 11.5. The zero-order valence-electron chi connectivity index (χ0n) is 11.8. The Morgan fingerprint density at radius 3 is 2.68 bits per heavy atom. The first-order valence-electron chi connectivity index (χ1n) is 6.23. The zero-order valence-corrected chi connectivity index (χ0v) is 11.8. The number of nitrogens with zero attached hydrogens (tertiary/aromatic N) is 2. The van der Waals surface area contributed by atoms with E-state index in [-0.39, 0.29) is 0 Å². The van der Waals surface area contributed by atoms with Crippen molar-refractivity contribution < 1.29 is 4.74 Å². The van der Waals surface area contributed by atoms with E-state index in [1.54, 1.807) is 13.3 Å². The van der Waals surface area contributed by atoms with Gasteiger partial charge in [0.15, 0.2) is 0 Å². The van der Waals surface area contributed by atoms with E-state index < -0.39 is 0 Å². The lowest BCUT2D eigenvalue weighted by atomic mass is 10.1. The summed E-state index contributed by atoms with van der Waals surface area (Å²) in [5.74, 6) is 0.785. The predicted octanol–water partition coefficient (Wildman–Crippen LogP) is 3.85. The maximum Gasteiger partial charge on any atom is 0.144 e. The molecule has 0 fully saturated rings. The van der Waals surface area contributed by atoms with E-state index in [1.165, 1.54) is 0 Å². The Kier molecular flexibility index (Phi) is 3.95. The van der Waals surface area contributed by atoms with Gasteiger partial charge in [0.05, 0.1) is 18.5 Å². The zero-order chi connectivity index (χ0) is 13.8. The summed E-state index contributed by atoms with van der Waals surface area (Å²) in [5, 5.41) is 0. The van der Waals surface area contributed by atoms with Crippen molar-refractivity contribution in [3.8, 4) is 5.75 Å². The Morgan fingerprint density at radius 1 is 1.21 bits per heavy atom. The number of methoxy groups -OCH3 is 1. The standard InChI is InChI=1S/C16H18N2O/c1-11-7-8-14(15(10-11)19-4)18-13(3)16-12(2)6-5-9-17-16/h5-10H,1-4H3. The summed E-state index contributed by atoms with van der Waals surface area (Å²) in [6, 6.07) is 9.94. The molecule has 0 radical (unpaired) electrons. The van der Waals surface area contributed by atoms with E-state index in [9.17, 15) is 0 Å². The molecule has 2 rings (SSSR count). The molecule has 0 spiro atoms. The molecule has 0 amide bonds. The number of rotatable bonds is 3. The molecule has 0 unspecified atom stereocenters. The van der Waals surface area contributed by atoms with Gasteiger partial charge in [0.25, 0.3) is 0 Å². The van der Waals surface area contributed by atoms with Gasteiger partial charge in [-0.3, -0.25) is 4.98 Å². The van der Waals surface area contributed by atoms with E-state index in [2.05, 4.69) is 9.98 Å². The molecular formula is C16H18N2O. The number of aromatic nitrogens is 1. The second-order valence-corrected chi connectivity index (χ2v) is 4.54. The monoisotopic (exact) mass is 254 g/mol. The SMILES string of the molecule is COc1cc(C)ccc1N=C(C)c1ncccc1C. The van der Waals surface area contributed by atoms with Crippen molar-refractivity contribution in [3.05, 3.63) is 53.3 Å². The van der Waals surface area contributed by atoms with Crippen molar-refractivity contribution in [1.82, 2.24) is 4.98 Å². The predicted molar refractivity (Wildman–Crippen MR) is 78.6 cm³/mol. The molecular weight excluding hydrogens is 236 g/mol. The average Bonchev–Trinajstić information content (AvgIpc) is 2.41. The molecule has 0 saturated carbocycles. The fourth-order valence-electron chi connectivity index (χ4n) is 1.98. The molecule has 98 valence electrons. The van der Waals surface area contributed by atoms with Crippen LogP contribution in [-0.2, 0) is 0 Å². The molecule has 0 N–H and O–H groups in total. The first-order valence-corrected chi connectivity index (χ1v) is 6.23. The van der Waals surface area contributed by atoms with Crippen molar-refractivity contribution in [1.29, 1.82) is 0 Å². The van der Waals surface area contributed by atoms with Crippen LogP contribution in [0.1, 0.15) is 23.7 Å². The third-order valence-electron chi connectivity index (χ3n) is 2.98. The van der Waals surface area contributed by atoms with Crippen LogP contribution in [0.4, 0.5) is 5.69 Å². The average molecular weight is 254 g/mol. The molecule has 0 aliphatic heterocycles. The minimum absolute atomic E-state index is 0.785. The first kappa shape index (κ1) is 13.3. The van der Waals surface area contributed by atoms with Crippen LogP contribution in [0.5, 0.6) is 5.75 Å². The topological polar surface area (TPSA) is 34.5 Å². The number of aryl methyl sites for hydroxylation is 2. The van der Waals surface area contributed by atoms with Crippen LogP contribution in [0.3, 0.4) is 0 Å². The number of hydrogen-bond donors (Lipinski definition) is 0. The van der Waals surface area contributed by atoms with Crippen LogP contribution in [0.25, 0.3) is 0 Å². The summed E-state index contributed by atoms with van der Waals surface area (Å²) in [7, 11) is 1.66. The summed E-state index contributed by atoms with van der Waals surface area (Å²) >= 11 is 0. The van der Waals surface area contributed by atoms with Gasteiger partial charge in [0.1, 0.15) is 11.4 Å². The van der Waals surface area contributed by atoms with Gasteiger partial charge in [0.2, 0.25) is 0 Å². The quantitative estimate of drug-likeness (QED) is 0.780. The van der Waals surface area contributed by atoms with Crippen molar-refractivity contribution in [2.75, 3.05) is 7.11 Å². The van der Waals surface area contributed by atoms with Crippen LogP contribution in [0.15, 0.2) is 41.5 Å². The van der Waals surface area contributed by atoms with Crippen LogP contribution in [-0.4, -0.2) is 17.8 Å². The van der Waals surface area contributed by atoms with Crippen molar-refractivity contribution >= 4 is 11.4 Å². The van der Waals surface area contributed by atoms with Crippen LogP contribution in [0.2, 0.25) is 0 Å². The Balaban J connectivity index is 2.44. The fraction of sp³-hybridized carbons (Fsp3) is 0.250. The second-order valence-electron chi connectivity index (χ2n) is 4.54. The third kappa shape index (κ3) is 2.99. The van der Waals surface area contributed by atoms with Gasteiger partial charge in [0, 0.05) is 6.20 Å². The highest BCUT2D eigenvalue weighted by Gasteiger charge is 2.06. The smallest absolute Gasteiger partial charge is 0.144 e. The first-order chi connectivity index (χ1) is 9.11. The van der Waals surface area contributed by atoms with E-state index in [4.69, 9.17) is 4.74 Å².